The van der Waals surface area contributed by atoms with E-state index in [2.05, 4.69) is 0 Å². The molecule has 18 heavy (non-hydrogen) atoms. The molecule has 2 rings (SSSR count). The maximum Gasteiger partial charge on any atom is 0.337 e. The molecule has 0 bridgehead atoms. The van der Waals surface area contributed by atoms with E-state index < -0.39 is 5.97 Å². The number of aromatic carboxylic acids is 1. The van der Waals surface area contributed by atoms with E-state index in [1.165, 1.54) is 6.07 Å². The van der Waals surface area contributed by atoms with Crippen LogP contribution in [-0.2, 0) is 6.42 Å². The van der Waals surface area contributed by atoms with Gasteiger partial charge in [0.25, 0.3) is 0 Å². The Morgan fingerprint density at radius 3 is 2.78 bits per heavy atom. The van der Waals surface area contributed by atoms with Crippen molar-refractivity contribution < 1.29 is 15.0 Å². The van der Waals surface area contributed by atoms with Gasteiger partial charge in [-0.2, -0.15) is 0 Å². The number of hydrogen-bond acceptors (Lipinski definition) is 2. The molecule has 0 radical (unpaired) electrons. The quantitative estimate of drug-likeness (QED) is 0.892. The van der Waals surface area contributed by atoms with Crippen molar-refractivity contribution in [3.8, 4) is 5.69 Å². The number of hydrogen-bond donors (Lipinski definition) is 2. The lowest BCUT2D eigenvalue weighted by molar-refractivity contribution is 0.0697. The Labute approximate surface area is 109 Å². The SMILES string of the molecule is O=C(O)c1cc(-n2ccc(CCO)c2)ccc1Cl. The molecule has 1 aromatic carbocycles. The molecule has 1 aromatic heterocycles. The lowest BCUT2D eigenvalue weighted by atomic mass is 10.2. The molecule has 0 spiro atoms. The van der Waals surface area contributed by atoms with Crippen LogP contribution in [0.2, 0.25) is 5.02 Å². The van der Waals surface area contributed by atoms with E-state index in [0.717, 1.165) is 11.3 Å². The zero-order valence-corrected chi connectivity index (χ0v) is 10.3. The molecule has 0 amide bonds. The lowest BCUT2D eigenvalue weighted by Crippen LogP contribution is -2.00. The fourth-order valence-electron chi connectivity index (χ4n) is 1.72. The highest BCUT2D eigenvalue weighted by molar-refractivity contribution is 6.33. The molecule has 2 aromatic rings. The molecule has 1 heterocycles. The third-order valence-electron chi connectivity index (χ3n) is 2.63. The number of halogens is 1. The summed E-state index contributed by atoms with van der Waals surface area (Å²) >= 11 is 5.81. The summed E-state index contributed by atoms with van der Waals surface area (Å²) in [5.41, 5.74) is 1.79. The van der Waals surface area contributed by atoms with Crippen molar-refractivity contribution in [2.24, 2.45) is 0 Å². The Morgan fingerprint density at radius 1 is 1.33 bits per heavy atom. The first-order valence-electron chi connectivity index (χ1n) is 5.43. The van der Waals surface area contributed by atoms with Gasteiger partial charge >= 0.3 is 5.97 Å². The predicted octanol–water partition coefficient (Wildman–Crippen LogP) is 2.36. The molecule has 0 aliphatic heterocycles. The first-order chi connectivity index (χ1) is 8.61. The van der Waals surface area contributed by atoms with E-state index in [1.54, 1.807) is 16.7 Å². The predicted molar refractivity (Wildman–Crippen MR) is 68.5 cm³/mol. The highest BCUT2D eigenvalue weighted by Crippen LogP contribution is 2.20. The molecule has 0 saturated carbocycles. The van der Waals surface area contributed by atoms with Crippen LogP contribution >= 0.6 is 11.6 Å². The molecular formula is C13H12ClNO3. The van der Waals surface area contributed by atoms with Crippen LogP contribution in [0.3, 0.4) is 0 Å². The second-order valence-electron chi connectivity index (χ2n) is 3.87. The van der Waals surface area contributed by atoms with E-state index in [0.29, 0.717) is 6.42 Å². The van der Waals surface area contributed by atoms with E-state index in [-0.39, 0.29) is 17.2 Å². The zero-order valence-electron chi connectivity index (χ0n) is 9.51. The van der Waals surface area contributed by atoms with Crippen LogP contribution in [0.1, 0.15) is 15.9 Å². The van der Waals surface area contributed by atoms with Gasteiger partial charge in [0.2, 0.25) is 0 Å². The number of carboxylic acids is 1. The Bertz CT molecular complexity index is 577. The third-order valence-corrected chi connectivity index (χ3v) is 2.96. The Kier molecular flexibility index (Phi) is 3.69. The molecule has 0 atom stereocenters. The van der Waals surface area contributed by atoms with Gasteiger partial charge in [-0.05, 0) is 36.2 Å². The van der Waals surface area contributed by atoms with Crippen molar-refractivity contribution in [1.29, 1.82) is 0 Å². The normalized spacial score (nSPS) is 10.6. The van der Waals surface area contributed by atoms with Crippen molar-refractivity contribution in [2.75, 3.05) is 6.61 Å². The van der Waals surface area contributed by atoms with Gasteiger partial charge in [-0.1, -0.05) is 11.6 Å². The highest BCUT2D eigenvalue weighted by Gasteiger charge is 2.10. The molecule has 4 nitrogen and oxygen atoms in total. The molecule has 0 aliphatic carbocycles. The Balaban J connectivity index is 2.38. The van der Waals surface area contributed by atoms with Crippen LogP contribution in [-0.4, -0.2) is 27.4 Å². The van der Waals surface area contributed by atoms with Crippen molar-refractivity contribution >= 4 is 17.6 Å². The molecule has 0 fully saturated rings. The van der Waals surface area contributed by atoms with Gasteiger partial charge in [-0.25, -0.2) is 4.79 Å². The standard InChI is InChI=1S/C13H12ClNO3/c14-12-2-1-10(7-11(12)13(17)18)15-5-3-9(8-15)4-6-16/h1-3,5,7-8,16H,4,6H2,(H,17,18). The van der Waals surface area contributed by atoms with Crippen LogP contribution < -0.4 is 0 Å². The first-order valence-corrected chi connectivity index (χ1v) is 5.80. The monoisotopic (exact) mass is 265 g/mol. The van der Waals surface area contributed by atoms with E-state index in [9.17, 15) is 4.79 Å². The summed E-state index contributed by atoms with van der Waals surface area (Å²) in [5.74, 6) is -1.05. The summed E-state index contributed by atoms with van der Waals surface area (Å²) in [4.78, 5) is 11.0. The van der Waals surface area contributed by atoms with Crippen molar-refractivity contribution in [1.82, 2.24) is 4.57 Å². The van der Waals surface area contributed by atoms with Gasteiger partial charge in [0, 0.05) is 24.7 Å². The van der Waals surface area contributed by atoms with Crippen LogP contribution in [0.5, 0.6) is 0 Å². The van der Waals surface area contributed by atoms with Crippen molar-refractivity contribution in [2.45, 2.75) is 6.42 Å². The van der Waals surface area contributed by atoms with Gasteiger partial charge in [0.15, 0.2) is 0 Å². The summed E-state index contributed by atoms with van der Waals surface area (Å²) in [5, 5.41) is 18.1. The molecule has 94 valence electrons. The minimum absolute atomic E-state index is 0.0755. The number of carbonyl (C=O) groups is 1. The zero-order chi connectivity index (χ0) is 13.1. The molecule has 0 saturated heterocycles. The second-order valence-corrected chi connectivity index (χ2v) is 4.28. The third kappa shape index (κ3) is 2.55. The summed E-state index contributed by atoms with van der Waals surface area (Å²) in [7, 11) is 0. The summed E-state index contributed by atoms with van der Waals surface area (Å²) in [6, 6.07) is 6.71. The van der Waals surface area contributed by atoms with E-state index in [4.69, 9.17) is 21.8 Å². The number of aromatic nitrogens is 1. The number of carboxylic acid groups (broad SMARTS) is 1. The summed E-state index contributed by atoms with van der Waals surface area (Å²) in [6.45, 7) is 0.0883. The minimum atomic E-state index is -1.05. The summed E-state index contributed by atoms with van der Waals surface area (Å²) in [6.07, 6.45) is 4.25. The molecule has 2 N–H and O–H groups in total. The van der Waals surface area contributed by atoms with Crippen LogP contribution in [0.25, 0.3) is 5.69 Å². The molecule has 5 heteroatoms. The first kappa shape index (κ1) is 12.7. The van der Waals surface area contributed by atoms with Crippen molar-refractivity contribution in [3.05, 3.63) is 52.8 Å². The molecular weight excluding hydrogens is 254 g/mol. The number of nitrogens with zero attached hydrogens (tertiary/aromatic N) is 1. The molecule has 0 aliphatic rings. The average molecular weight is 266 g/mol. The number of rotatable bonds is 4. The largest absolute Gasteiger partial charge is 0.478 e. The van der Waals surface area contributed by atoms with Crippen LogP contribution in [0, 0.1) is 0 Å². The summed E-state index contributed by atoms with van der Waals surface area (Å²) < 4.78 is 1.80. The van der Waals surface area contributed by atoms with E-state index >= 15 is 0 Å². The lowest BCUT2D eigenvalue weighted by Gasteiger charge is -2.05. The number of aliphatic hydroxyl groups is 1. The Hall–Kier alpha value is -1.78. The maximum absolute atomic E-state index is 11.0. The maximum atomic E-state index is 11.0. The van der Waals surface area contributed by atoms with Gasteiger partial charge < -0.3 is 14.8 Å². The number of aliphatic hydroxyl groups excluding tert-OH is 1. The average Bonchev–Trinajstić information content (AvgIpc) is 2.78. The smallest absolute Gasteiger partial charge is 0.337 e. The van der Waals surface area contributed by atoms with Crippen LogP contribution in [0.15, 0.2) is 36.7 Å². The van der Waals surface area contributed by atoms with Gasteiger partial charge in [0.05, 0.1) is 10.6 Å². The van der Waals surface area contributed by atoms with Gasteiger partial charge in [-0.15, -0.1) is 0 Å². The minimum Gasteiger partial charge on any atom is -0.478 e. The number of benzene rings is 1. The second kappa shape index (κ2) is 5.25. The molecule has 0 unspecified atom stereocenters. The fourth-order valence-corrected chi connectivity index (χ4v) is 1.91. The van der Waals surface area contributed by atoms with E-state index in [1.807, 2.05) is 18.5 Å². The van der Waals surface area contributed by atoms with Gasteiger partial charge in [-0.3, -0.25) is 0 Å². The fraction of sp³-hybridized carbons (Fsp3) is 0.154. The van der Waals surface area contributed by atoms with Gasteiger partial charge in [0.1, 0.15) is 0 Å². The highest BCUT2D eigenvalue weighted by atomic mass is 35.5. The Morgan fingerprint density at radius 2 is 2.11 bits per heavy atom. The topological polar surface area (TPSA) is 62.5 Å². The van der Waals surface area contributed by atoms with Crippen molar-refractivity contribution in [3.63, 3.8) is 0 Å². The van der Waals surface area contributed by atoms with Crippen LogP contribution in [0.4, 0.5) is 0 Å².